The number of piperidine rings is 1. The Morgan fingerprint density at radius 1 is 1.14 bits per heavy atom. The highest BCUT2D eigenvalue weighted by Gasteiger charge is 2.27. The van der Waals surface area contributed by atoms with E-state index >= 15 is 0 Å². The fraction of sp³-hybridized carbons (Fsp3) is 0.478. The van der Waals surface area contributed by atoms with Gasteiger partial charge < -0.3 is 19.7 Å². The molecule has 154 valence electrons. The minimum atomic E-state index is -0.0690. The molecule has 6 heteroatoms. The maximum Gasteiger partial charge on any atom is 0.229 e. The van der Waals surface area contributed by atoms with Crippen LogP contribution < -0.4 is 15.0 Å². The zero-order valence-electron chi connectivity index (χ0n) is 16.8. The highest BCUT2D eigenvalue weighted by Crippen LogP contribution is 2.27. The van der Waals surface area contributed by atoms with Crippen molar-refractivity contribution >= 4 is 17.4 Å². The van der Waals surface area contributed by atoms with Crippen LogP contribution in [0.3, 0.4) is 0 Å². The Hall–Kier alpha value is -2.60. The zero-order chi connectivity index (χ0) is 19.9. The minimum Gasteiger partial charge on any atom is -0.489 e. The van der Waals surface area contributed by atoms with Crippen molar-refractivity contribution in [3.05, 3.63) is 48.7 Å². The number of anilines is 2. The summed E-state index contributed by atoms with van der Waals surface area (Å²) in [6, 6.07) is 13.5. The predicted octanol–water partition coefficient (Wildman–Crippen LogP) is 3.88. The van der Waals surface area contributed by atoms with Gasteiger partial charge in [-0.15, -0.1) is 0 Å². The SMILES string of the molecule is O=C(Nc1ccccc1OC[C@H]1CCCCO1)[C@@H]1CCCN(c2ccccn2)C1. The van der Waals surface area contributed by atoms with Crippen molar-refractivity contribution in [2.24, 2.45) is 5.92 Å². The summed E-state index contributed by atoms with van der Waals surface area (Å²) in [5.41, 5.74) is 0.725. The van der Waals surface area contributed by atoms with Crippen molar-refractivity contribution in [3.63, 3.8) is 0 Å². The second-order valence-electron chi connectivity index (χ2n) is 7.76. The Morgan fingerprint density at radius 2 is 2.03 bits per heavy atom. The van der Waals surface area contributed by atoms with Crippen LogP contribution in [0, 0.1) is 5.92 Å². The summed E-state index contributed by atoms with van der Waals surface area (Å²) in [5, 5.41) is 3.09. The number of carbonyl (C=O) groups is 1. The van der Waals surface area contributed by atoms with Gasteiger partial charge >= 0.3 is 0 Å². The summed E-state index contributed by atoms with van der Waals surface area (Å²) in [6.45, 7) is 2.94. The highest BCUT2D eigenvalue weighted by atomic mass is 16.5. The van der Waals surface area contributed by atoms with Gasteiger partial charge in [0, 0.05) is 25.9 Å². The molecule has 0 unspecified atom stereocenters. The van der Waals surface area contributed by atoms with Gasteiger partial charge in [0.25, 0.3) is 0 Å². The molecule has 1 aromatic heterocycles. The van der Waals surface area contributed by atoms with Gasteiger partial charge in [0.1, 0.15) is 18.2 Å². The number of nitrogens with zero attached hydrogens (tertiary/aromatic N) is 2. The van der Waals surface area contributed by atoms with Gasteiger partial charge in [-0.1, -0.05) is 18.2 Å². The monoisotopic (exact) mass is 395 g/mol. The number of pyridine rings is 1. The van der Waals surface area contributed by atoms with Gasteiger partial charge in [0.2, 0.25) is 5.91 Å². The van der Waals surface area contributed by atoms with Crippen LogP contribution in [-0.4, -0.2) is 43.3 Å². The Bertz CT molecular complexity index is 793. The van der Waals surface area contributed by atoms with E-state index in [0.717, 1.165) is 50.3 Å². The first-order valence-electron chi connectivity index (χ1n) is 10.6. The summed E-state index contributed by atoms with van der Waals surface area (Å²) in [7, 11) is 0. The molecule has 2 saturated heterocycles. The van der Waals surface area contributed by atoms with Crippen LogP contribution in [0.1, 0.15) is 32.1 Å². The smallest absolute Gasteiger partial charge is 0.229 e. The lowest BCUT2D eigenvalue weighted by Crippen LogP contribution is -2.41. The van der Waals surface area contributed by atoms with E-state index < -0.39 is 0 Å². The molecule has 1 amide bonds. The van der Waals surface area contributed by atoms with Crippen LogP contribution in [0.5, 0.6) is 5.75 Å². The molecule has 1 N–H and O–H groups in total. The first kappa shape index (κ1) is 19.7. The van der Waals surface area contributed by atoms with Crippen molar-refractivity contribution in [3.8, 4) is 5.75 Å². The molecule has 2 fully saturated rings. The Balaban J connectivity index is 1.36. The molecule has 0 spiro atoms. The molecule has 2 atom stereocenters. The Kier molecular flexibility index (Phi) is 6.62. The molecule has 0 aliphatic carbocycles. The number of rotatable bonds is 6. The summed E-state index contributed by atoms with van der Waals surface area (Å²) in [6.07, 6.45) is 7.13. The Morgan fingerprint density at radius 3 is 2.86 bits per heavy atom. The number of benzene rings is 1. The van der Waals surface area contributed by atoms with Crippen LogP contribution in [-0.2, 0) is 9.53 Å². The topological polar surface area (TPSA) is 63.7 Å². The van der Waals surface area contributed by atoms with Gasteiger partial charge in [-0.2, -0.15) is 0 Å². The van der Waals surface area contributed by atoms with Crippen LogP contribution in [0.2, 0.25) is 0 Å². The van der Waals surface area contributed by atoms with Crippen molar-refractivity contribution in [2.75, 3.05) is 36.5 Å². The molecular weight excluding hydrogens is 366 g/mol. The third-order valence-corrected chi connectivity index (χ3v) is 5.61. The molecule has 2 aromatic rings. The maximum absolute atomic E-state index is 13.0. The largest absolute Gasteiger partial charge is 0.489 e. The predicted molar refractivity (Wildman–Crippen MR) is 113 cm³/mol. The molecule has 29 heavy (non-hydrogen) atoms. The van der Waals surface area contributed by atoms with Crippen LogP contribution >= 0.6 is 0 Å². The molecule has 0 bridgehead atoms. The molecule has 0 radical (unpaired) electrons. The van der Waals surface area contributed by atoms with E-state index in [1.807, 2.05) is 42.5 Å². The molecule has 2 aliphatic heterocycles. The molecule has 6 nitrogen and oxygen atoms in total. The van der Waals surface area contributed by atoms with Gasteiger partial charge in [-0.25, -0.2) is 4.98 Å². The lowest BCUT2D eigenvalue weighted by molar-refractivity contribution is -0.120. The van der Waals surface area contributed by atoms with Crippen molar-refractivity contribution < 1.29 is 14.3 Å². The normalized spacial score (nSPS) is 22.1. The summed E-state index contributed by atoms with van der Waals surface area (Å²) < 4.78 is 11.7. The van der Waals surface area contributed by atoms with Gasteiger partial charge in [-0.3, -0.25) is 4.79 Å². The van der Waals surface area contributed by atoms with Crippen molar-refractivity contribution in [2.45, 2.75) is 38.2 Å². The highest BCUT2D eigenvalue weighted by molar-refractivity contribution is 5.94. The Labute approximate surface area is 172 Å². The summed E-state index contributed by atoms with van der Waals surface area (Å²) in [4.78, 5) is 19.6. The van der Waals surface area contributed by atoms with Gasteiger partial charge in [0.05, 0.1) is 17.7 Å². The quantitative estimate of drug-likeness (QED) is 0.804. The summed E-state index contributed by atoms with van der Waals surface area (Å²) in [5.74, 6) is 1.60. The average Bonchev–Trinajstić information content (AvgIpc) is 2.80. The number of ether oxygens (including phenoxy) is 2. The van der Waals surface area contributed by atoms with Gasteiger partial charge in [-0.05, 0) is 56.4 Å². The lowest BCUT2D eigenvalue weighted by atomic mass is 9.97. The molecule has 0 saturated carbocycles. The van der Waals surface area contributed by atoms with Crippen LogP contribution in [0.15, 0.2) is 48.7 Å². The molecular formula is C23H29N3O3. The second-order valence-corrected chi connectivity index (χ2v) is 7.76. The number of para-hydroxylation sites is 2. The first-order valence-corrected chi connectivity index (χ1v) is 10.6. The number of carbonyl (C=O) groups excluding carboxylic acids is 1. The minimum absolute atomic E-state index is 0.0376. The van der Waals surface area contributed by atoms with Gasteiger partial charge in [0.15, 0.2) is 0 Å². The van der Waals surface area contributed by atoms with Crippen molar-refractivity contribution in [1.29, 1.82) is 0 Å². The van der Waals surface area contributed by atoms with E-state index in [1.165, 1.54) is 6.42 Å². The van der Waals surface area contributed by atoms with Crippen LogP contribution in [0.4, 0.5) is 11.5 Å². The summed E-state index contributed by atoms with van der Waals surface area (Å²) >= 11 is 0. The van der Waals surface area contributed by atoms with E-state index in [0.29, 0.717) is 18.9 Å². The number of aromatic nitrogens is 1. The van der Waals surface area contributed by atoms with E-state index in [-0.39, 0.29) is 17.9 Å². The number of hydrogen-bond acceptors (Lipinski definition) is 5. The van der Waals surface area contributed by atoms with E-state index in [1.54, 1.807) is 6.20 Å². The van der Waals surface area contributed by atoms with Crippen LogP contribution in [0.25, 0.3) is 0 Å². The standard InChI is InChI=1S/C23H29N3O3/c27-23(18-8-7-14-26(16-18)22-12-3-5-13-24-22)25-20-10-1-2-11-21(20)29-17-19-9-4-6-15-28-19/h1-3,5,10-13,18-19H,4,6-9,14-17H2,(H,25,27)/t18-,19-/m1/s1. The lowest BCUT2D eigenvalue weighted by Gasteiger charge is -2.33. The van der Waals surface area contributed by atoms with Crippen molar-refractivity contribution in [1.82, 2.24) is 4.98 Å². The molecule has 3 heterocycles. The fourth-order valence-corrected chi connectivity index (χ4v) is 3.99. The molecule has 2 aliphatic rings. The molecule has 1 aromatic carbocycles. The van der Waals surface area contributed by atoms with E-state index in [2.05, 4.69) is 15.2 Å². The first-order chi connectivity index (χ1) is 14.3. The molecule has 4 rings (SSSR count). The number of nitrogens with one attached hydrogen (secondary N) is 1. The fourth-order valence-electron chi connectivity index (χ4n) is 3.99. The third-order valence-electron chi connectivity index (χ3n) is 5.61. The number of amides is 1. The van der Waals surface area contributed by atoms with E-state index in [9.17, 15) is 4.79 Å². The maximum atomic E-state index is 13.0. The van der Waals surface area contributed by atoms with E-state index in [4.69, 9.17) is 9.47 Å². The zero-order valence-corrected chi connectivity index (χ0v) is 16.8. The third kappa shape index (κ3) is 5.26. The second kappa shape index (κ2) is 9.74. The number of hydrogen-bond donors (Lipinski definition) is 1. The average molecular weight is 396 g/mol.